The van der Waals surface area contributed by atoms with Gasteiger partial charge in [0.25, 0.3) is 0 Å². The molecule has 0 aromatic carbocycles. The normalized spacial score (nSPS) is 29.9. The molecule has 72 valence electrons. The van der Waals surface area contributed by atoms with Gasteiger partial charge < -0.3 is 5.73 Å². The lowest BCUT2D eigenvalue weighted by molar-refractivity contribution is 0.611. The Labute approximate surface area is 82.3 Å². The second-order valence-corrected chi connectivity index (χ2v) is 4.26. The van der Waals surface area contributed by atoms with Crippen LogP contribution >= 0.6 is 0 Å². The van der Waals surface area contributed by atoms with E-state index in [0.29, 0.717) is 5.92 Å². The van der Waals surface area contributed by atoms with Crippen molar-refractivity contribution in [3.8, 4) is 6.07 Å². The van der Waals surface area contributed by atoms with Crippen molar-refractivity contribution in [2.24, 2.45) is 5.92 Å². The molecule has 2 aliphatic carbocycles. The summed E-state index contributed by atoms with van der Waals surface area (Å²) in [5.74, 6) is 0.747. The summed E-state index contributed by atoms with van der Waals surface area (Å²) in [6.07, 6.45) is 5.25. The molecule has 2 atom stereocenters. The lowest BCUT2D eigenvalue weighted by atomic mass is 10.3. The van der Waals surface area contributed by atoms with Crippen LogP contribution in [0.15, 0.2) is 6.20 Å². The number of rotatable bonds is 2. The minimum Gasteiger partial charge on any atom is -0.396 e. The first-order valence-electron chi connectivity index (χ1n) is 5.03. The average molecular weight is 188 g/mol. The fourth-order valence-corrected chi connectivity index (χ4v) is 1.88. The first kappa shape index (κ1) is 7.86. The van der Waals surface area contributed by atoms with Crippen molar-refractivity contribution in [1.29, 1.82) is 5.26 Å². The Kier molecular flexibility index (Phi) is 1.41. The van der Waals surface area contributed by atoms with E-state index in [1.165, 1.54) is 12.8 Å². The fourth-order valence-electron chi connectivity index (χ4n) is 1.88. The predicted octanol–water partition coefficient (Wildman–Crippen LogP) is 1.43. The maximum absolute atomic E-state index is 8.71. The molecule has 1 heterocycles. The minimum atomic E-state index is 0.154. The van der Waals surface area contributed by atoms with Crippen molar-refractivity contribution in [3.63, 3.8) is 0 Å². The van der Waals surface area contributed by atoms with Crippen LogP contribution in [0.1, 0.15) is 36.9 Å². The third-order valence-corrected chi connectivity index (χ3v) is 3.02. The smallest absolute Gasteiger partial charge is 0.0884 e. The monoisotopic (exact) mass is 188 g/mol. The van der Waals surface area contributed by atoms with E-state index in [-0.39, 0.29) is 12.0 Å². The highest BCUT2D eigenvalue weighted by molar-refractivity contribution is 5.44. The molecule has 0 bridgehead atoms. The molecular formula is C10H12N4. The van der Waals surface area contributed by atoms with Crippen molar-refractivity contribution < 1.29 is 0 Å². The summed E-state index contributed by atoms with van der Waals surface area (Å²) < 4.78 is 1.89. The SMILES string of the molecule is N#C[C@H]1C[C@H]1n1cc(N)c(C2CC2)n1. The number of nitriles is 1. The van der Waals surface area contributed by atoms with E-state index < -0.39 is 0 Å². The van der Waals surface area contributed by atoms with Gasteiger partial charge in [-0.2, -0.15) is 10.4 Å². The van der Waals surface area contributed by atoms with Crippen LogP contribution in [0.25, 0.3) is 0 Å². The standard InChI is InChI=1S/C10H12N4/c11-4-7-3-9(7)14-5-8(12)10(13-14)6-1-2-6/h5-7,9H,1-3,12H2/t7-,9-/m1/s1. The van der Waals surface area contributed by atoms with E-state index >= 15 is 0 Å². The van der Waals surface area contributed by atoms with Gasteiger partial charge in [-0.05, 0) is 19.3 Å². The summed E-state index contributed by atoms with van der Waals surface area (Å²) >= 11 is 0. The van der Waals surface area contributed by atoms with Crippen LogP contribution in [0.2, 0.25) is 0 Å². The molecule has 0 unspecified atom stereocenters. The number of nitrogen functional groups attached to an aromatic ring is 1. The summed E-state index contributed by atoms with van der Waals surface area (Å²) in [5.41, 5.74) is 7.72. The fraction of sp³-hybridized carbons (Fsp3) is 0.600. The number of nitrogens with zero attached hydrogens (tertiary/aromatic N) is 3. The summed E-state index contributed by atoms with van der Waals surface area (Å²) in [4.78, 5) is 0. The van der Waals surface area contributed by atoms with Gasteiger partial charge in [-0.15, -0.1) is 0 Å². The Bertz CT molecular complexity index is 410. The van der Waals surface area contributed by atoms with Gasteiger partial charge in [-0.3, -0.25) is 4.68 Å². The second-order valence-electron chi connectivity index (χ2n) is 4.26. The largest absolute Gasteiger partial charge is 0.396 e. The van der Waals surface area contributed by atoms with E-state index in [2.05, 4.69) is 11.2 Å². The molecule has 2 aliphatic rings. The molecule has 14 heavy (non-hydrogen) atoms. The Morgan fingerprint density at radius 2 is 2.36 bits per heavy atom. The molecule has 0 amide bonds. The number of aromatic nitrogens is 2. The number of hydrogen-bond acceptors (Lipinski definition) is 3. The Morgan fingerprint density at radius 1 is 1.57 bits per heavy atom. The van der Waals surface area contributed by atoms with Gasteiger partial charge in [0.15, 0.2) is 0 Å². The van der Waals surface area contributed by atoms with Gasteiger partial charge in [0.05, 0.1) is 29.4 Å². The molecular weight excluding hydrogens is 176 g/mol. The first-order valence-corrected chi connectivity index (χ1v) is 5.03. The first-order chi connectivity index (χ1) is 6.79. The second kappa shape index (κ2) is 2.50. The zero-order valence-electron chi connectivity index (χ0n) is 7.85. The number of hydrogen-bond donors (Lipinski definition) is 1. The lowest BCUT2D eigenvalue weighted by Crippen LogP contribution is -1.97. The van der Waals surface area contributed by atoms with Gasteiger partial charge in [0, 0.05) is 12.1 Å². The molecule has 1 aromatic heterocycles. The van der Waals surface area contributed by atoms with Crippen LogP contribution in [0.4, 0.5) is 5.69 Å². The highest BCUT2D eigenvalue weighted by Gasteiger charge is 2.41. The minimum absolute atomic E-state index is 0.154. The zero-order chi connectivity index (χ0) is 9.71. The maximum atomic E-state index is 8.71. The van der Waals surface area contributed by atoms with E-state index in [9.17, 15) is 0 Å². The van der Waals surface area contributed by atoms with Crippen LogP contribution in [-0.4, -0.2) is 9.78 Å². The Balaban J connectivity index is 1.86. The molecule has 4 nitrogen and oxygen atoms in total. The van der Waals surface area contributed by atoms with Crippen LogP contribution in [0.3, 0.4) is 0 Å². The molecule has 0 spiro atoms. The zero-order valence-corrected chi connectivity index (χ0v) is 7.85. The molecule has 0 saturated heterocycles. The molecule has 4 heteroatoms. The van der Waals surface area contributed by atoms with Gasteiger partial charge >= 0.3 is 0 Å². The van der Waals surface area contributed by atoms with Gasteiger partial charge in [0.1, 0.15) is 0 Å². The van der Waals surface area contributed by atoms with E-state index in [1.54, 1.807) is 0 Å². The third kappa shape index (κ3) is 1.09. The molecule has 2 saturated carbocycles. The lowest BCUT2D eigenvalue weighted by Gasteiger charge is -1.94. The van der Waals surface area contributed by atoms with Gasteiger partial charge in [-0.25, -0.2) is 0 Å². The van der Waals surface area contributed by atoms with Crippen molar-refractivity contribution in [1.82, 2.24) is 9.78 Å². The van der Waals surface area contributed by atoms with E-state index in [0.717, 1.165) is 17.8 Å². The van der Waals surface area contributed by atoms with Crippen molar-refractivity contribution >= 4 is 5.69 Å². The van der Waals surface area contributed by atoms with Crippen LogP contribution in [0.5, 0.6) is 0 Å². The highest BCUT2D eigenvalue weighted by Crippen LogP contribution is 2.46. The van der Waals surface area contributed by atoms with E-state index in [1.807, 2.05) is 10.9 Å². The topological polar surface area (TPSA) is 67.6 Å². The van der Waals surface area contributed by atoms with Crippen molar-refractivity contribution in [2.45, 2.75) is 31.2 Å². The molecule has 2 N–H and O–H groups in total. The predicted molar refractivity (Wildman–Crippen MR) is 51.4 cm³/mol. The molecule has 0 aliphatic heterocycles. The summed E-state index contributed by atoms with van der Waals surface area (Å²) in [5, 5.41) is 13.2. The van der Waals surface area contributed by atoms with Crippen LogP contribution in [-0.2, 0) is 0 Å². The summed E-state index contributed by atoms with van der Waals surface area (Å²) in [6.45, 7) is 0. The molecule has 3 rings (SSSR count). The average Bonchev–Trinajstić information content (AvgIpc) is 3.07. The maximum Gasteiger partial charge on any atom is 0.0884 e. The van der Waals surface area contributed by atoms with Crippen molar-refractivity contribution in [2.75, 3.05) is 5.73 Å². The van der Waals surface area contributed by atoms with Gasteiger partial charge in [0.2, 0.25) is 0 Å². The molecule has 0 radical (unpaired) electrons. The Morgan fingerprint density at radius 3 is 2.93 bits per heavy atom. The van der Waals surface area contributed by atoms with Crippen molar-refractivity contribution in [3.05, 3.63) is 11.9 Å². The molecule has 2 fully saturated rings. The third-order valence-electron chi connectivity index (χ3n) is 3.02. The van der Waals surface area contributed by atoms with Gasteiger partial charge in [-0.1, -0.05) is 0 Å². The summed E-state index contributed by atoms with van der Waals surface area (Å²) in [6, 6.07) is 2.55. The molecule has 1 aromatic rings. The Hall–Kier alpha value is -1.50. The van der Waals surface area contributed by atoms with Crippen LogP contribution in [0, 0.1) is 17.2 Å². The summed E-state index contributed by atoms with van der Waals surface area (Å²) in [7, 11) is 0. The number of anilines is 1. The number of nitrogens with two attached hydrogens (primary N) is 1. The van der Waals surface area contributed by atoms with Crippen LogP contribution < -0.4 is 5.73 Å². The highest BCUT2D eigenvalue weighted by atomic mass is 15.3. The quantitative estimate of drug-likeness (QED) is 0.763. The van der Waals surface area contributed by atoms with E-state index in [4.69, 9.17) is 11.0 Å².